The molecule has 206 valence electrons. The van der Waals surface area contributed by atoms with Gasteiger partial charge in [-0.2, -0.15) is 26.3 Å². The highest BCUT2D eigenvalue weighted by atomic mass is 19.4. The van der Waals surface area contributed by atoms with E-state index >= 15 is 0 Å². The lowest BCUT2D eigenvalue weighted by Gasteiger charge is -2.44. The summed E-state index contributed by atoms with van der Waals surface area (Å²) in [5.74, 6) is -0.105. The summed E-state index contributed by atoms with van der Waals surface area (Å²) >= 11 is 0. The summed E-state index contributed by atoms with van der Waals surface area (Å²) in [6, 6.07) is 10.6. The van der Waals surface area contributed by atoms with Crippen LogP contribution in [0.3, 0.4) is 0 Å². The van der Waals surface area contributed by atoms with Crippen LogP contribution < -0.4 is 5.32 Å². The van der Waals surface area contributed by atoms with Crippen LogP contribution in [0.4, 0.5) is 26.3 Å². The van der Waals surface area contributed by atoms with E-state index < -0.39 is 40.7 Å². The minimum absolute atomic E-state index is 0.00394. The summed E-state index contributed by atoms with van der Waals surface area (Å²) in [6.07, 6.45) is -8.27. The van der Waals surface area contributed by atoms with Crippen LogP contribution >= 0.6 is 0 Å². The van der Waals surface area contributed by atoms with Crippen LogP contribution in [0.15, 0.2) is 53.5 Å². The molecule has 2 aliphatic rings. The SMILES string of the molecule is CC(OC[C@@]1(c2ccccc2)CCC(N2C=NC(C)(C)C2=O)CN1)c1cc(C(F)(F)F)cc(C(F)(F)F)c1. The maximum Gasteiger partial charge on any atom is 0.416 e. The average Bonchev–Trinajstić information content (AvgIpc) is 3.14. The standard InChI is InChI=1S/C27H29F6N3O2/c1-17(18-11-20(26(28,29)30)13-21(12-18)27(31,32)33)38-15-25(19-7-5-4-6-8-19)10-9-22(14-34-25)36-16-35-24(2,3)23(36)37/h4-8,11-13,16-17,22,34H,9-10,14-15H2,1-3H3/t17?,22?,25-/m1/s1. The monoisotopic (exact) mass is 541 g/mol. The van der Waals surface area contributed by atoms with Crippen molar-refractivity contribution in [2.75, 3.05) is 13.2 Å². The molecule has 1 N–H and O–H groups in total. The molecule has 0 aromatic heterocycles. The molecule has 1 amide bonds. The molecular formula is C27H29F6N3O2. The second kappa shape index (κ2) is 10.00. The molecule has 2 heterocycles. The number of hydrogen-bond donors (Lipinski definition) is 1. The maximum absolute atomic E-state index is 13.3. The summed E-state index contributed by atoms with van der Waals surface area (Å²) in [6.45, 7) is 5.31. The molecule has 4 rings (SSSR count). The summed E-state index contributed by atoms with van der Waals surface area (Å²) in [7, 11) is 0. The summed E-state index contributed by atoms with van der Waals surface area (Å²) in [4.78, 5) is 18.6. The highest BCUT2D eigenvalue weighted by Crippen LogP contribution is 2.39. The molecule has 0 bridgehead atoms. The van der Waals surface area contributed by atoms with Crippen molar-refractivity contribution < 1.29 is 35.9 Å². The van der Waals surface area contributed by atoms with Gasteiger partial charge >= 0.3 is 12.4 Å². The second-order valence-electron chi connectivity index (χ2n) is 10.3. The fourth-order valence-corrected chi connectivity index (χ4v) is 4.83. The van der Waals surface area contributed by atoms with E-state index in [0.29, 0.717) is 31.5 Å². The molecular weight excluding hydrogens is 512 g/mol. The van der Waals surface area contributed by atoms with Crippen molar-refractivity contribution in [1.29, 1.82) is 0 Å². The van der Waals surface area contributed by atoms with Crippen LogP contribution in [0.25, 0.3) is 0 Å². The van der Waals surface area contributed by atoms with Crippen molar-refractivity contribution in [3.05, 3.63) is 70.8 Å². The summed E-state index contributed by atoms with van der Waals surface area (Å²) in [5, 5.41) is 3.46. The van der Waals surface area contributed by atoms with Crippen molar-refractivity contribution in [1.82, 2.24) is 10.2 Å². The first-order valence-electron chi connectivity index (χ1n) is 12.2. The van der Waals surface area contributed by atoms with Crippen molar-refractivity contribution >= 4 is 12.2 Å². The normalized spacial score (nSPS) is 24.6. The number of rotatable bonds is 6. The lowest BCUT2D eigenvalue weighted by molar-refractivity contribution is -0.143. The number of alkyl halides is 6. The third-order valence-electron chi connectivity index (χ3n) is 7.22. The third kappa shape index (κ3) is 5.73. The summed E-state index contributed by atoms with van der Waals surface area (Å²) in [5.41, 5.74) is -3.69. The minimum atomic E-state index is -4.94. The Kier molecular flexibility index (Phi) is 7.39. The number of carbonyl (C=O) groups is 1. The lowest BCUT2D eigenvalue weighted by atomic mass is 9.81. The number of ether oxygens (including phenoxy) is 1. The zero-order valence-electron chi connectivity index (χ0n) is 21.2. The zero-order chi connectivity index (χ0) is 27.9. The number of nitrogens with zero attached hydrogens (tertiary/aromatic N) is 2. The Labute approximate surface area is 216 Å². The number of carbonyl (C=O) groups excluding carboxylic acids is 1. The Bertz CT molecular complexity index is 1150. The Morgan fingerprint density at radius 1 is 1.05 bits per heavy atom. The summed E-state index contributed by atoms with van der Waals surface area (Å²) < 4.78 is 86.0. The van der Waals surface area contributed by atoms with Crippen LogP contribution in [0.2, 0.25) is 0 Å². The molecule has 2 aromatic rings. The lowest BCUT2D eigenvalue weighted by Crippen LogP contribution is -2.58. The first kappa shape index (κ1) is 28.1. The van der Waals surface area contributed by atoms with E-state index in [1.807, 2.05) is 30.3 Å². The van der Waals surface area contributed by atoms with E-state index in [9.17, 15) is 31.1 Å². The molecule has 38 heavy (non-hydrogen) atoms. The van der Waals surface area contributed by atoms with Gasteiger partial charge in [-0.15, -0.1) is 0 Å². The third-order valence-corrected chi connectivity index (χ3v) is 7.22. The molecule has 0 spiro atoms. The van der Waals surface area contributed by atoms with Crippen molar-refractivity contribution in [3.8, 4) is 0 Å². The van der Waals surface area contributed by atoms with Crippen LogP contribution in [-0.4, -0.2) is 41.9 Å². The molecule has 5 nitrogen and oxygen atoms in total. The average molecular weight is 542 g/mol. The van der Waals surface area contributed by atoms with Gasteiger partial charge in [-0.25, -0.2) is 0 Å². The van der Waals surface area contributed by atoms with Crippen LogP contribution in [0.5, 0.6) is 0 Å². The molecule has 2 unspecified atom stereocenters. The molecule has 11 heteroatoms. The van der Waals surface area contributed by atoms with Gasteiger partial charge in [0.05, 0.1) is 41.8 Å². The molecule has 3 atom stereocenters. The Morgan fingerprint density at radius 3 is 2.13 bits per heavy atom. The van der Waals surface area contributed by atoms with E-state index in [2.05, 4.69) is 10.3 Å². The molecule has 2 aliphatic heterocycles. The van der Waals surface area contributed by atoms with Gasteiger partial charge in [0, 0.05) is 6.54 Å². The molecule has 0 aliphatic carbocycles. The van der Waals surface area contributed by atoms with Gasteiger partial charge in [-0.1, -0.05) is 30.3 Å². The van der Waals surface area contributed by atoms with Gasteiger partial charge in [-0.05, 0) is 62.9 Å². The fraction of sp³-hybridized carbons (Fsp3) is 0.481. The predicted molar refractivity (Wildman–Crippen MR) is 129 cm³/mol. The number of amides is 1. The van der Waals surface area contributed by atoms with Crippen molar-refractivity contribution in [2.45, 2.75) is 69.2 Å². The highest BCUT2D eigenvalue weighted by Gasteiger charge is 2.44. The number of benzene rings is 2. The number of piperidine rings is 1. The van der Waals surface area contributed by atoms with Crippen LogP contribution in [0, 0.1) is 0 Å². The second-order valence-corrected chi connectivity index (χ2v) is 10.3. The quantitative estimate of drug-likeness (QED) is 0.450. The molecule has 1 saturated heterocycles. The predicted octanol–water partition coefficient (Wildman–Crippen LogP) is 6.10. The smallest absolute Gasteiger partial charge is 0.372 e. The molecule has 2 aromatic carbocycles. The first-order valence-corrected chi connectivity index (χ1v) is 12.2. The number of nitrogens with one attached hydrogen (secondary N) is 1. The Morgan fingerprint density at radius 2 is 1.66 bits per heavy atom. The highest BCUT2D eigenvalue weighted by molar-refractivity contribution is 5.99. The Hall–Kier alpha value is -2.92. The largest absolute Gasteiger partial charge is 0.416 e. The van der Waals surface area contributed by atoms with Crippen LogP contribution in [-0.2, 0) is 27.4 Å². The van der Waals surface area contributed by atoms with Crippen molar-refractivity contribution in [2.24, 2.45) is 4.99 Å². The topological polar surface area (TPSA) is 53.9 Å². The van der Waals surface area contributed by atoms with Gasteiger partial charge in [0.15, 0.2) is 0 Å². The number of aliphatic imine (C=N–C) groups is 1. The van der Waals surface area contributed by atoms with Gasteiger partial charge < -0.3 is 10.1 Å². The van der Waals surface area contributed by atoms with E-state index in [-0.39, 0.29) is 30.2 Å². The van der Waals surface area contributed by atoms with Gasteiger partial charge in [0.1, 0.15) is 5.54 Å². The van der Waals surface area contributed by atoms with Gasteiger partial charge in [-0.3, -0.25) is 14.7 Å². The zero-order valence-corrected chi connectivity index (χ0v) is 21.2. The number of halogens is 6. The van der Waals surface area contributed by atoms with E-state index in [1.54, 1.807) is 25.1 Å². The molecule has 1 fully saturated rings. The van der Waals surface area contributed by atoms with Gasteiger partial charge in [0.2, 0.25) is 0 Å². The first-order chi connectivity index (χ1) is 17.6. The fourth-order valence-electron chi connectivity index (χ4n) is 4.83. The van der Waals surface area contributed by atoms with Crippen LogP contribution in [0.1, 0.15) is 62.0 Å². The Balaban J connectivity index is 1.55. The van der Waals surface area contributed by atoms with E-state index in [1.165, 1.54) is 6.92 Å². The van der Waals surface area contributed by atoms with E-state index in [0.717, 1.165) is 5.56 Å². The number of hydrogen-bond acceptors (Lipinski definition) is 4. The van der Waals surface area contributed by atoms with Crippen molar-refractivity contribution in [3.63, 3.8) is 0 Å². The molecule has 0 radical (unpaired) electrons. The van der Waals surface area contributed by atoms with Gasteiger partial charge in [0.25, 0.3) is 5.91 Å². The molecule has 0 saturated carbocycles. The maximum atomic E-state index is 13.3. The van der Waals surface area contributed by atoms with E-state index in [4.69, 9.17) is 4.74 Å². The minimum Gasteiger partial charge on any atom is -0.372 e.